The van der Waals surface area contributed by atoms with E-state index in [0.717, 1.165) is 14.1 Å². The molecule has 0 aromatic heterocycles. The molecule has 0 aliphatic carbocycles. The Balaban J connectivity index is -0.000000362. The molecule has 32 heteroatoms. The number of hydrogen-bond donors (Lipinski definition) is 9. The zero-order valence-electron chi connectivity index (χ0n) is 55.5. The molecule has 0 bridgehead atoms. The molecule has 0 fully saturated rings. The first-order valence-electron chi connectivity index (χ1n) is 29.5. The van der Waals surface area contributed by atoms with Crippen molar-refractivity contribution in [1.82, 2.24) is 41.7 Å². The van der Waals surface area contributed by atoms with Crippen molar-refractivity contribution in [2.75, 3.05) is 47.7 Å². The normalized spacial score (nSPS) is 12.6. The van der Waals surface area contributed by atoms with E-state index in [4.69, 9.17) is 20.9 Å². The van der Waals surface area contributed by atoms with Crippen LogP contribution in [-0.4, -0.2) is 181 Å². The van der Waals surface area contributed by atoms with Gasteiger partial charge >= 0.3 is 30.0 Å². The standard InChI is InChI=1S/C29H51N5O8.C28H49N5O9.CH3Cl.2CH4.P2S2/c1-18(2)20(27(40)33-21(19(3)35)11-10-16-31-28(30)41)17-23(36)22(14-15-26(39)42-29(4,5)6)32-24(37)12-9-13-25(38)34(7)8;1-17(2)18(25(38)32-20(26(39)40)10-9-15-30-27(29)41)16-21(34)19(13-14-24(37)42-28(3,4)5)31-22(35)11-8-12-23(36)33(6)7;1-2;;;3-1-2-4/h18,20-22H,9-17H2,1-8H3,(H,32,37)(H,33,40)(H3,30,31,41);17-20H,8-16H2,1-7H3,(H,31,35)(H,32,38)(H,39,40)(H3,29,30,41);1H3;2*1H4;/t20-,21-,22-;18-,19-,20-;;;;/m00..../s1. The highest BCUT2D eigenvalue weighted by Gasteiger charge is 2.34. The lowest BCUT2D eigenvalue weighted by Crippen LogP contribution is -2.47. The maximum atomic E-state index is 13.4. The summed E-state index contributed by atoms with van der Waals surface area (Å²) in [4.78, 5) is 175. The molecule has 0 aliphatic rings. The second kappa shape index (κ2) is 53.5. The Hall–Kier alpha value is -5.89. The Kier molecular flexibility index (Phi) is 56.5. The minimum absolute atomic E-state index is 0. The maximum Gasteiger partial charge on any atom is 0.326 e. The first-order chi connectivity index (χ1) is 41.6. The van der Waals surface area contributed by atoms with Crippen molar-refractivity contribution < 1.29 is 81.7 Å². The van der Waals surface area contributed by atoms with Gasteiger partial charge in [-0.05, 0) is 135 Å². The second-order valence-electron chi connectivity index (χ2n) is 23.9. The molecule has 0 radical (unpaired) electrons. The molecular weight excluding hydrogens is 1290 g/mol. The third-order valence-corrected chi connectivity index (χ3v) is 15.3. The Morgan fingerprint density at radius 1 is 0.500 bits per heavy atom. The van der Waals surface area contributed by atoms with Gasteiger partial charge in [-0.15, -0.1) is 11.6 Å². The third-order valence-electron chi connectivity index (χ3n) is 12.7. The first-order valence-corrected chi connectivity index (χ1v) is 34.8. The van der Waals surface area contributed by atoms with E-state index in [1.807, 2.05) is 0 Å². The van der Waals surface area contributed by atoms with Crippen molar-refractivity contribution in [3.05, 3.63) is 0 Å². The Morgan fingerprint density at radius 3 is 1.08 bits per heavy atom. The number of urea groups is 2. The minimum atomic E-state index is -1.27. The van der Waals surface area contributed by atoms with Crippen LogP contribution in [0.1, 0.15) is 194 Å². The second-order valence-corrected chi connectivity index (χ2v) is 28.2. The molecule has 92 heavy (non-hydrogen) atoms. The summed E-state index contributed by atoms with van der Waals surface area (Å²) in [6, 6.07) is -5.65. The number of carboxylic acid groups (broad SMARTS) is 1. The van der Waals surface area contributed by atoms with Crippen molar-refractivity contribution in [3.63, 3.8) is 0 Å². The molecule has 0 aliphatic heterocycles. The van der Waals surface area contributed by atoms with Crippen LogP contribution >= 0.6 is 25.7 Å². The van der Waals surface area contributed by atoms with Crippen molar-refractivity contribution >= 4 is 132 Å². The molecule has 0 heterocycles. The molecule has 6 atom stereocenters. The van der Waals surface area contributed by atoms with Crippen molar-refractivity contribution in [1.29, 1.82) is 0 Å². The number of carbonyl (C=O) groups excluding carboxylic acids is 13. The highest BCUT2D eigenvalue weighted by Crippen LogP contribution is 2.22. The monoisotopic (exact) mass is 1400 g/mol. The predicted molar refractivity (Wildman–Crippen MR) is 365 cm³/mol. The Bertz CT molecular complexity index is 2200. The van der Waals surface area contributed by atoms with E-state index in [9.17, 15) is 72.2 Å². The molecule has 0 saturated carbocycles. The molecular formula is C60H111ClN10O17P2S2. The van der Waals surface area contributed by atoms with Gasteiger partial charge < -0.3 is 67.7 Å². The van der Waals surface area contributed by atoms with Crippen molar-refractivity contribution in [2.24, 2.45) is 35.1 Å². The average Bonchev–Trinajstić information content (AvgIpc) is 1.72. The highest BCUT2D eigenvalue weighted by molar-refractivity contribution is 8.40. The van der Waals surface area contributed by atoms with Gasteiger partial charge in [-0.25, -0.2) is 14.4 Å². The fraction of sp³-hybridized carbons (Fsp3) is 0.767. The summed E-state index contributed by atoms with van der Waals surface area (Å²) in [7, 11) is 8.19. The summed E-state index contributed by atoms with van der Waals surface area (Å²) in [6.07, 6.45) is 2.35. The zero-order chi connectivity index (χ0) is 70.7. The van der Waals surface area contributed by atoms with E-state index in [1.165, 1.54) is 23.1 Å². The minimum Gasteiger partial charge on any atom is -0.480 e. The SMILES string of the molecule is C.C.CC(=O)[C@H](CCCNC(N)=O)NC(=O)[C@@H](CC(=O)[C@H](CCC(=O)OC(C)(C)C)NC(=O)CCCC(=O)N(C)C)C(C)C.CC(C)[C@H](CC(=O)[C@H](CCC(=O)OC(C)(C)C)NC(=O)CCCC(=O)N(C)C)C(=O)N[C@@H](CCCNC(N)=O)C(=O)O.CCl.S=PP=S. The largest absolute Gasteiger partial charge is 0.480 e. The van der Waals surface area contributed by atoms with Gasteiger partial charge in [0.1, 0.15) is 17.2 Å². The number of ether oxygens (including phenoxy) is 2. The van der Waals surface area contributed by atoms with Crippen LogP contribution in [0.2, 0.25) is 0 Å². The van der Waals surface area contributed by atoms with Crippen molar-refractivity contribution in [3.8, 4) is 0 Å². The number of nitrogens with zero attached hydrogens (tertiary/aromatic N) is 2. The molecule has 532 valence electrons. The number of aliphatic carboxylic acids is 1. The van der Waals surface area contributed by atoms with Crippen LogP contribution in [0.4, 0.5) is 9.59 Å². The number of esters is 2. The third kappa shape index (κ3) is 52.6. The number of halogens is 1. The van der Waals surface area contributed by atoms with Gasteiger partial charge in [0.15, 0.2) is 17.3 Å². The van der Waals surface area contributed by atoms with E-state index in [-0.39, 0.29) is 154 Å². The van der Waals surface area contributed by atoms with Gasteiger partial charge in [-0.2, -0.15) is 0 Å². The predicted octanol–water partition coefficient (Wildman–Crippen LogP) is 6.55. The van der Waals surface area contributed by atoms with E-state index < -0.39 is 112 Å². The summed E-state index contributed by atoms with van der Waals surface area (Å²) < 4.78 is 10.6. The number of ketones is 3. The maximum absolute atomic E-state index is 13.4. The molecule has 0 unspecified atom stereocenters. The van der Waals surface area contributed by atoms with Crippen LogP contribution in [0.15, 0.2) is 0 Å². The summed E-state index contributed by atoms with van der Waals surface area (Å²) >= 11 is 13.5. The zero-order valence-corrected chi connectivity index (χ0v) is 59.6. The average molecular weight is 1410 g/mol. The molecule has 0 spiro atoms. The Morgan fingerprint density at radius 2 is 0.815 bits per heavy atom. The lowest BCUT2D eigenvalue weighted by molar-refractivity contribution is -0.156. The highest BCUT2D eigenvalue weighted by atomic mass is 35.5. The number of carboxylic acids is 1. The van der Waals surface area contributed by atoms with E-state index >= 15 is 0 Å². The number of Topliss-reactive ketones (excluding diaryl/α,β-unsaturated/α-hetero) is 3. The molecule has 0 rings (SSSR count). The number of alkyl halides is 1. The van der Waals surface area contributed by atoms with Crippen LogP contribution in [0, 0.1) is 23.7 Å². The molecule has 10 amide bonds. The molecule has 0 aromatic carbocycles. The van der Waals surface area contributed by atoms with E-state index in [2.05, 4.69) is 67.1 Å². The molecule has 11 N–H and O–H groups in total. The summed E-state index contributed by atoms with van der Waals surface area (Å²) in [5.41, 5.74) is 8.59. The van der Waals surface area contributed by atoms with Crippen LogP contribution in [0.3, 0.4) is 0 Å². The molecule has 0 saturated heterocycles. The van der Waals surface area contributed by atoms with Gasteiger partial charge in [0, 0.05) is 125 Å². The number of hydrogen-bond acceptors (Lipinski definition) is 18. The Labute approximate surface area is 564 Å². The van der Waals surface area contributed by atoms with Crippen molar-refractivity contribution in [2.45, 2.75) is 229 Å². The first kappa shape index (κ1) is 97.2. The number of nitrogens with one attached hydrogen (secondary N) is 6. The van der Waals surface area contributed by atoms with E-state index in [1.54, 1.807) is 97.4 Å². The lowest BCUT2D eigenvalue weighted by atomic mass is 9.86. The van der Waals surface area contributed by atoms with Gasteiger partial charge in [-0.3, -0.25) is 52.7 Å². The fourth-order valence-corrected chi connectivity index (χ4v) is 7.93. The summed E-state index contributed by atoms with van der Waals surface area (Å²) in [6.45, 7) is 18.9. The number of primary amides is 2. The van der Waals surface area contributed by atoms with Crippen LogP contribution in [0.5, 0.6) is 0 Å². The fourth-order valence-electron chi connectivity index (χ4n) is 7.93. The van der Waals surface area contributed by atoms with Gasteiger partial charge in [0.25, 0.3) is 0 Å². The number of nitrogens with two attached hydrogens (primary N) is 2. The smallest absolute Gasteiger partial charge is 0.326 e. The van der Waals surface area contributed by atoms with Crippen LogP contribution in [-0.2, 0) is 90.6 Å². The topological polar surface area (TPSA) is 408 Å². The summed E-state index contributed by atoms with van der Waals surface area (Å²) in [5.74, 6) is -8.25. The number of carbonyl (C=O) groups is 14. The molecule has 27 nitrogen and oxygen atoms in total. The molecule has 0 aromatic rings. The van der Waals surface area contributed by atoms with Crippen LogP contribution in [0.25, 0.3) is 0 Å². The quantitative estimate of drug-likeness (QED) is 0.0136. The van der Waals surface area contributed by atoms with Crippen LogP contribution < -0.4 is 43.4 Å². The number of rotatable bonds is 39. The van der Waals surface area contributed by atoms with Gasteiger partial charge in [0.05, 0.1) is 18.1 Å². The van der Waals surface area contributed by atoms with E-state index in [0.29, 0.717) is 6.42 Å². The number of amides is 10. The van der Waals surface area contributed by atoms with Gasteiger partial charge in [0.2, 0.25) is 35.4 Å². The summed E-state index contributed by atoms with van der Waals surface area (Å²) in [5, 5.41) is 24.8. The van der Waals surface area contributed by atoms with Gasteiger partial charge in [-0.1, -0.05) is 42.5 Å². The lowest BCUT2D eigenvalue weighted by Gasteiger charge is -2.26.